The van der Waals surface area contributed by atoms with Crippen molar-refractivity contribution in [1.82, 2.24) is 5.32 Å². The van der Waals surface area contributed by atoms with Gasteiger partial charge in [0.2, 0.25) is 0 Å². The average molecular weight is 246 g/mol. The number of benzene rings is 1. The van der Waals surface area contributed by atoms with Crippen LogP contribution in [0.1, 0.15) is 30.4 Å². The summed E-state index contributed by atoms with van der Waals surface area (Å²) < 4.78 is 0. The van der Waals surface area contributed by atoms with Gasteiger partial charge in [0.15, 0.2) is 0 Å². The highest BCUT2D eigenvalue weighted by Crippen LogP contribution is 2.20. The Morgan fingerprint density at radius 2 is 2.22 bits per heavy atom. The molecule has 0 atom stereocenters. The number of terminal acetylenes is 1. The highest BCUT2D eigenvalue weighted by molar-refractivity contribution is 5.44. The molecule has 0 heterocycles. The molecule has 96 valence electrons. The summed E-state index contributed by atoms with van der Waals surface area (Å²) in [7, 11) is 0. The summed E-state index contributed by atoms with van der Waals surface area (Å²) in [6.45, 7) is 3.32. The van der Waals surface area contributed by atoms with Crippen molar-refractivity contribution >= 4 is 5.69 Å². The molecule has 0 amide bonds. The van der Waals surface area contributed by atoms with Crippen LogP contribution in [0, 0.1) is 29.4 Å². The van der Waals surface area contributed by atoms with Crippen LogP contribution < -0.4 is 5.32 Å². The molecule has 0 aliphatic heterocycles. The van der Waals surface area contributed by atoms with E-state index in [-0.39, 0.29) is 10.6 Å². The first-order valence-corrected chi connectivity index (χ1v) is 6.04. The molecule has 0 bridgehead atoms. The van der Waals surface area contributed by atoms with Gasteiger partial charge in [-0.2, -0.15) is 0 Å². The fraction of sp³-hybridized carbons (Fsp3) is 0.429. The molecule has 1 aromatic rings. The third-order valence-corrected chi connectivity index (χ3v) is 2.85. The zero-order valence-corrected chi connectivity index (χ0v) is 10.6. The molecule has 0 saturated heterocycles. The SMILES string of the molecule is C#CCCCCNCc1cccc([N+](=O)[O-])c1C. The van der Waals surface area contributed by atoms with Crippen LogP contribution in [-0.2, 0) is 6.54 Å². The average Bonchev–Trinajstić information content (AvgIpc) is 2.35. The van der Waals surface area contributed by atoms with Gasteiger partial charge in [0.1, 0.15) is 0 Å². The summed E-state index contributed by atoms with van der Waals surface area (Å²) in [5, 5.41) is 14.1. The topological polar surface area (TPSA) is 55.2 Å². The van der Waals surface area contributed by atoms with E-state index in [2.05, 4.69) is 11.2 Å². The molecule has 0 radical (unpaired) electrons. The van der Waals surface area contributed by atoms with Gasteiger partial charge in [-0.3, -0.25) is 10.1 Å². The molecule has 4 heteroatoms. The highest BCUT2D eigenvalue weighted by Gasteiger charge is 2.12. The van der Waals surface area contributed by atoms with Gasteiger partial charge in [-0.1, -0.05) is 12.1 Å². The van der Waals surface area contributed by atoms with Gasteiger partial charge in [-0.25, -0.2) is 0 Å². The minimum absolute atomic E-state index is 0.182. The Kier molecular flexibility index (Phi) is 5.89. The van der Waals surface area contributed by atoms with Crippen LogP contribution in [0.2, 0.25) is 0 Å². The summed E-state index contributed by atoms with van der Waals surface area (Å²) >= 11 is 0. The molecule has 0 unspecified atom stereocenters. The first kappa shape index (κ1) is 14.2. The molecule has 4 nitrogen and oxygen atoms in total. The van der Waals surface area contributed by atoms with Gasteiger partial charge in [-0.05, 0) is 31.9 Å². The first-order chi connectivity index (χ1) is 8.66. The largest absolute Gasteiger partial charge is 0.313 e. The van der Waals surface area contributed by atoms with E-state index in [1.165, 1.54) is 6.07 Å². The molecule has 0 aromatic heterocycles. The summed E-state index contributed by atoms with van der Waals surface area (Å²) in [5.41, 5.74) is 1.89. The Balaban J connectivity index is 2.46. The maximum Gasteiger partial charge on any atom is 0.272 e. The minimum atomic E-state index is -0.342. The van der Waals surface area contributed by atoms with Crippen molar-refractivity contribution in [3.8, 4) is 12.3 Å². The predicted molar refractivity (Wildman–Crippen MR) is 72.2 cm³/mol. The first-order valence-electron chi connectivity index (χ1n) is 6.04. The van der Waals surface area contributed by atoms with Crippen molar-refractivity contribution in [1.29, 1.82) is 0 Å². The molecule has 18 heavy (non-hydrogen) atoms. The van der Waals surface area contributed by atoms with Crippen molar-refractivity contribution in [2.45, 2.75) is 32.7 Å². The fourth-order valence-electron chi connectivity index (χ4n) is 1.76. The lowest BCUT2D eigenvalue weighted by Gasteiger charge is -2.07. The molecule has 0 aliphatic rings. The molecule has 0 aliphatic carbocycles. The van der Waals surface area contributed by atoms with E-state index in [1.54, 1.807) is 13.0 Å². The van der Waals surface area contributed by atoms with E-state index < -0.39 is 0 Å². The zero-order valence-electron chi connectivity index (χ0n) is 10.6. The second-order valence-corrected chi connectivity index (χ2v) is 4.16. The Morgan fingerprint density at radius 1 is 1.44 bits per heavy atom. The van der Waals surface area contributed by atoms with E-state index in [9.17, 15) is 10.1 Å². The monoisotopic (exact) mass is 246 g/mol. The third kappa shape index (κ3) is 4.19. The molecule has 0 fully saturated rings. The number of hydrogen-bond acceptors (Lipinski definition) is 3. The Bertz CT molecular complexity index is 450. The standard InChI is InChI=1S/C14H18N2O2/c1-3-4-5-6-10-15-11-13-8-7-9-14(12(13)2)16(17)18/h1,7-9,15H,4-6,10-11H2,2H3. The van der Waals surface area contributed by atoms with Crippen molar-refractivity contribution < 1.29 is 4.92 Å². The number of nitro groups is 1. The maximum absolute atomic E-state index is 10.8. The molecular weight excluding hydrogens is 228 g/mol. The number of unbranched alkanes of at least 4 members (excludes halogenated alkanes) is 2. The number of nitrogens with zero attached hydrogens (tertiary/aromatic N) is 1. The van der Waals surface area contributed by atoms with E-state index in [4.69, 9.17) is 6.42 Å². The van der Waals surface area contributed by atoms with E-state index in [0.717, 1.165) is 36.9 Å². The summed E-state index contributed by atoms with van der Waals surface area (Å²) in [5.74, 6) is 2.60. The Morgan fingerprint density at radius 3 is 2.89 bits per heavy atom. The Labute approximate surface area is 108 Å². The van der Waals surface area contributed by atoms with Crippen molar-refractivity contribution in [3.63, 3.8) is 0 Å². The quantitative estimate of drug-likeness (QED) is 0.348. The summed E-state index contributed by atoms with van der Waals surface area (Å²) in [4.78, 5) is 10.4. The second-order valence-electron chi connectivity index (χ2n) is 4.16. The fourth-order valence-corrected chi connectivity index (χ4v) is 1.76. The van der Waals surface area contributed by atoms with Gasteiger partial charge in [0.05, 0.1) is 4.92 Å². The Hall–Kier alpha value is -1.86. The molecule has 0 spiro atoms. The number of nitrogens with one attached hydrogen (secondary N) is 1. The van der Waals surface area contributed by atoms with Gasteiger partial charge < -0.3 is 5.32 Å². The molecule has 1 rings (SSSR count). The molecule has 0 saturated carbocycles. The zero-order chi connectivity index (χ0) is 13.4. The molecule has 1 N–H and O–H groups in total. The van der Waals surface area contributed by atoms with E-state index >= 15 is 0 Å². The van der Waals surface area contributed by atoms with Gasteiger partial charge >= 0.3 is 0 Å². The number of nitro benzene ring substituents is 1. The van der Waals surface area contributed by atoms with Crippen LogP contribution in [0.25, 0.3) is 0 Å². The predicted octanol–water partition coefficient (Wildman–Crippen LogP) is 2.80. The van der Waals surface area contributed by atoms with Gasteiger partial charge in [-0.15, -0.1) is 12.3 Å². The normalized spacial score (nSPS) is 10.0. The smallest absolute Gasteiger partial charge is 0.272 e. The molecule has 1 aromatic carbocycles. The van der Waals surface area contributed by atoms with Crippen LogP contribution in [0.15, 0.2) is 18.2 Å². The minimum Gasteiger partial charge on any atom is -0.313 e. The van der Waals surface area contributed by atoms with E-state index in [0.29, 0.717) is 6.54 Å². The lowest BCUT2D eigenvalue weighted by molar-refractivity contribution is -0.385. The summed E-state index contributed by atoms with van der Waals surface area (Å²) in [6.07, 6.45) is 8.01. The van der Waals surface area contributed by atoms with Crippen LogP contribution in [0.4, 0.5) is 5.69 Å². The second kappa shape index (κ2) is 7.46. The molecular formula is C14H18N2O2. The van der Waals surface area contributed by atoms with Gasteiger partial charge in [0.25, 0.3) is 5.69 Å². The van der Waals surface area contributed by atoms with Gasteiger partial charge in [0, 0.05) is 24.6 Å². The van der Waals surface area contributed by atoms with Crippen LogP contribution in [0.3, 0.4) is 0 Å². The third-order valence-electron chi connectivity index (χ3n) is 2.85. The highest BCUT2D eigenvalue weighted by atomic mass is 16.6. The maximum atomic E-state index is 10.8. The lowest BCUT2D eigenvalue weighted by atomic mass is 10.1. The van der Waals surface area contributed by atoms with Crippen molar-refractivity contribution in [2.75, 3.05) is 6.54 Å². The van der Waals surface area contributed by atoms with Crippen LogP contribution in [-0.4, -0.2) is 11.5 Å². The summed E-state index contributed by atoms with van der Waals surface area (Å²) in [6, 6.07) is 5.17. The van der Waals surface area contributed by atoms with Crippen molar-refractivity contribution in [2.24, 2.45) is 0 Å². The van der Waals surface area contributed by atoms with Crippen LogP contribution >= 0.6 is 0 Å². The van der Waals surface area contributed by atoms with Crippen molar-refractivity contribution in [3.05, 3.63) is 39.4 Å². The van der Waals surface area contributed by atoms with E-state index in [1.807, 2.05) is 6.07 Å². The lowest BCUT2D eigenvalue weighted by Crippen LogP contribution is -2.15. The number of hydrogen-bond donors (Lipinski definition) is 1. The number of rotatable bonds is 7. The van der Waals surface area contributed by atoms with Crippen LogP contribution in [0.5, 0.6) is 0 Å².